The fraction of sp³-hybridized carbons (Fsp3) is 0.250. The zero-order valence-corrected chi connectivity index (χ0v) is 7.79. The lowest BCUT2D eigenvalue weighted by Gasteiger charge is -2.10. The van der Waals surface area contributed by atoms with Crippen LogP contribution in [-0.2, 0) is 0 Å². The first-order valence-corrected chi connectivity index (χ1v) is 4.30. The third-order valence-electron chi connectivity index (χ3n) is 1.59. The Morgan fingerprint density at radius 3 is 2.62 bits per heavy atom. The molecule has 1 atom stereocenters. The topological polar surface area (TPSA) is 9.23 Å². The summed E-state index contributed by atoms with van der Waals surface area (Å²) in [7, 11) is 0. The van der Waals surface area contributed by atoms with E-state index in [1.807, 2.05) is 30.3 Å². The quantitative estimate of drug-likeness (QED) is 0.638. The van der Waals surface area contributed by atoms with Gasteiger partial charge in [-0.1, -0.05) is 24.1 Å². The summed E-state index contributed by atoms with van der Waals surface area (Å²) in [5.74, 6) is 6.62. The summed E-state index contributed by atoms with van der Waals surface area (Å²) in [4.78, 5) is 0. The van der Waals surface area contributed by atoms with Gasteiger partial charge in [-0.15, -0.1) is 5.92 Å². The largest absolute Gasteiger partial charge is 0.478 e. The van der Waals surface area contributed by atoms with Gasteiger partial charge in [0.2, 0.25) is 0 Å². The lowest BCUT2D eigenvalue weighted by Crippen LogP contribution is -2.12. The van der Waals surface area contributed by atoms with E-state index in [9.17, 15) is 0 Å². The van der Waals surface area contributed by atoms with Crippen LogP contribution >= 0.6 is 0 Å². The summed E-state index contributed by atoms with van der Waals surface area (Å²) in [6.45, 7) is 5.58. The molecule has 0 saturated carbocycles. The molecule has 0 spiro atoms. The molecule has 0 saturated heterocycles. The molecule has 1 aromatic carbocycles. The Morgan fingerprint density at radius 1 is 1.38 bits per heavy atom. The van der Waals surface area contributed by atoms with E-state index in [0.717, 1.165) is 5.75 Å². The molecule has 1 radical (unpaired) electrons. The molecule has 0 heterocycles. The molecule has 0 aliphatic rings. The summed E-state index contributed by atoms with van der Waals surface area (Å²) in [6.07, 6.45) is 0.572. The minimum atomic E-state index is -0.0904. The van der Waals surface area contributed by atoms with Crippen molar-refractivity contribution in [2.75, 3.05) is 0 Å². The first-order valence-electron chi connectivity index (χ1n) is 4.30. The van der Waals surface area contributed by atoms with Crippen molar-refractivity contribution in [2.24, 2.45) is 0 Å². The van der Waals surface area contributed by atoms with Crippen LogP contribution in [0.15, 0.2) is 30.3 Å². The van der Waals surface area contributed by atoms with Gasteiger partial charge in [-0.25, -0.2) is 0 Å². The predicted molar refractivity (Wildman–Crippen MR) is 54.3 cm³/mol. The van der Waals surface area contributed by atoms with Gasteiger partial charge in [-0.2, -0.15) is 0 Å². The second kappa shape index (κ2) is 5.27. The van der Waals surface area contributed by atoms with E-state index in [-0.39, 0.29) is 6.10 Å². The van der Waals surface area contributed by atoms with Crippen LogP contribution in [0.2, 0.25) is 0 Å². The van der Waals surface area contributed by atoms with E-state index in [0.29, 0.717) is 6.42 Å². The fourth-order valence-electron chi connectivity index (χ4n) is 0.985. The Balaban J connectivity index is 2.60. The third kappa shape index (κ3) is 3.21. The molecular weight excluding hydrogens is 160 g/mol. The average Bonchev–Trinajstić information content (AvgIpc) is 2.19. The lowest BCUT2D eigenvalue weighted by atomic mass is 10.2. The highest BCUT2D eigenvalue weighted by atomic mass is 16.5. The summed E-state index contributed by atoms with van der Waals surface area (Å²) in [5, 5.41) is 0. The molecule has 1 nitrogen and oxygen atoms in total. The van der Waals surface area contributed by atoms with Crippen LogP contribution in [0.5, 0.6) is 5.75 Å². The Kier molecular flexibility index (Phi) is 3.92. The van der Waals surface area contributed by atoms with Crippen LogP contribution in [0.3, 0.4) is 0 Å². The highest BCUT2D eigenvalue weighted by Gasteiger charge is 2.02. The van der Waals surface area contributed by atoms with Gasteiger partial charge in [-0.3, -0.25) is 0 Å². The maximum atomic E-state index is 5.57. The molecular formula is C12H13O. The van der Waals surface area contributed by atoms with Crippen molar-refractivity contribution in [2.45, 2.75) is 19.4 Å². The number of para-hydroxylation sites is 1. The van der Waals surface area contributed by atoms with E-state index in [2.05, 4.69) is 18.8 Å². The summed E-state index contributed by atoms with van der Waals surface area (Å²) in [6, 6.07) is 9.67. The maximum absolute atomic E-state index is 5.57. The van der Waals surface area contributed by atoms with Crippen LogP contribution < -0.4 is 4.74 Å². The van der Waals surface area contributed by atoms with Crippen LogP contribution in [0.4, 0.5) is 0 Å². The zero-order chi connectivity index (χ0) is 9.52. The second-order valence-electron chi connectivity index (χ2n) is 2.60. The van der Waals surface area contributed by atoms with Crippen molar-refractivity contribution in [3.05, 3.63) is 37.3 Å². The van der Waals surface area contributed by atoms with E-state index in [1.165, 1.54) is 0 Å². The smallest absolute Gasteiger partial charge is 0.159 e. The highest BCUT2D eigenvalue weighted by molar-refractivity contribution is 5.22. The molecule has 0 fully saturated rings. The van der Waals surface area contributed by atoms with Crippen LogP contribution in [-0.4, -0.2) is 6.10 Å². The van der Waals surface area contributed by atoms with Crippen molar-refractivity contribution < 1.29 is 4.74 Å². The van der Waals surface area contributed by atoms with Crippen LogP contribution in [0.1, 0.15) is 13.3 Å². The molecule has 0 aromatic heterocycles. The zero-order valence-electron chi connectivity index (χ0n) is 7.79. The first kappa shape index (κ1) is 9.67. The summed E-state index contributed by atoms with van der Waals surface area (Å²) < 4.78 is 5.57. The monoisotopic (exact) mass is 173 g/mol. The highest BCUT2D eigenvalue weighted by Crippen LogP contribution is 2.11. The molecule has 0 bridgehead atoms. The lowest BCUT2D eigenvalue weighted by molar-refractivity contribution is 0.261. The van der Waals surface area contributed by atoms with Crippen LogP contribution in [0.25, 0.3) is 0 Å². The number of ether oxygens (including phenoxy) is 1. The van der Waals surface area contributed by atoms with Gasteiger partial charge in [-0.05, 0) is 32.4 Å². The number of hydrogen-bond donors (Lipinski definition) is 0. The fourth-order valence-corrected chi connectivity index (χ4v) is 0.985. The molecule has 0 N–H and O–H groups in total. The Labute approximate surface area is 79.7 Å². The molecule has 0 aliphatic heterocycles. The number of rotatable bonds is 3. The van der Waals surface area contributed by atoms with Gasteiger partial charge in [0, 0.05) is 0 Å². The second-order valence-corrected chi connectivity index (χ2v) is 2.60. The van der Waals surface area contributed by atoms with E-state index in [4.69, 9.17) is 4.74 Å². The predicted octanol–water partition coefficient (Wildman–Crippen LogP) is 2.68. The van der Waals surface area contributed by atoms with Crippen molar-refractivity contribution in [3.8, 4) is 17.6 Å². The van der Waals surface area contributed by atoms with Crippen molar-refractivity contribution in [1.29, 1.82) is 0 Å². The number of benzene rings is 1. The molecule has 1 aromatic rings. The molecule has 0 amide bonds. The summed E-state index contributed by atoms with van der Waals surface area (Å²) in [5.41, 5.74) is 0. The standard InChI is InChI=1S/C12H13O/c1-3-8-11(4-2)13-12-9-6-5-7-10-12/h5-7,9-11H,2,4H2,1H3. The van der Waals surface area contributed by atoms with Gasteiger partial charge >= 0.3 is 0 Å². The van der Waals surface area contributed by atoms with Crippen LogP contribution in [0, 0.1) is 18.8 Å². The maximum Gasteiger partial charge on any atom is 0.159 e. The van der Waals surface area contributed by atoms with E-state index in [1.54, 1.807) is 6.92 Å². The molecule has 13 heavy (non-hydrogen) atoms. The van der Waals surface area contributed by atoms with Gasteiger partial charge < -0.3 is 4.74 Å². The average molecular weight is 173 g/mol. The van der Waals surface area contributed by atoms with Gasteiger partial charge in [0.05, 0.1) is 0 Å². The minimum Gasteiger partial charge on any atom is -0.478 e. The Bertz CT molecular complexity index is 292. The number of hydrogen-bond acceptors (Lipinski definition) is 1. The van der Waals surface area contributed by atoms with Crippen molar-refractivity contribution >= 4 is 0 Å². The minimum absolute atomic E-state index is 0.0904. The molecule has 1 heteroatoms. The normalized spacial score (nSPS) is 11.2. The molecule has 1 rings (SSSR count). The van der Waals surface area contributed by atoms with Gasteiger partial charge in [0.1, 0.15) is 5.75 Å². The van der Waals surface area contributed by atoms with Crippen molar-refractivity contribution in [1.82, 2.24) is 0 Å². The molecule has 0 aliphatic carbocycles. The van der Waals surface area contributed by atoms with Gasteiger partial charge in [0.25, 0.3) is 0 Å². The first-order chi connectivity index (χ1) is 6.36. The third-order valence-corrected chi connectivity index (χ3v) is 1.59. The van der Waals surface area contributed by atoms with Gasteiger partial charge in [0.15, 0.2) is 6.10 Å². The Morgan fingerprint density at radius 2 is 2.08 bits per heavy atom. The Hall–Kier alpha value is -1.42. The SMILES string of the molecule is [CH2]CC(C#CC)Oc1ccccc1. The molecule has 67 valence electrons. The van der Waals surface area contributed by atoms with E-state index < -0.39 is 0 Å². The summed E-state index contributed by atoms with van der Waals surface area (Å²) >= 11 is 0. The van der Waals surface area contributed by atoms with Crippen molar-refractivity contribution in [3.63, 3.8) is 0 Å². The van der Waals surface area contributed by atoms with E-state index >= 15 is 0 Å². The molecule has 1 unspecified atom stereocenters.